The molecule has 1 aromatic rings. The number of hydrogen-bond donors (Lipinski definition) is 1. The van der Waals surface area contributed by atoms with Gasteiger partial charge in [0.25, 0.3) is 0 Å². The number of anilines is 1. The third-order valence-electron chi connectivity index (χ3n) is 4.10. The number of fused-ring (bicyclic) bond motifs is 1. The van der Waals surface area contributed by atoms with Crippen molar-refractivity contribution in [2.24, 2.45) is 0 Å². The fourth-order valence-electron chi connectivity index (χ4n) is 2.94. The average Bonchev–Trinajstić information content (AvgIpc) is 2.89. The lowest BCUT2D eigenvalue weighted by molar-refractivity contribution is -0.117. The molecule has 5 heteroatoms. The van der Waals surface area contributed by atoms with Gasteiger partial charge in [0.05, 0.1) is 19.8 Å². The maximum Gasteiger partial charge on any atom is 0.238 e. The molecule has 0 radical (unpaired) electrons. The van der Waals surface area contributed by atoms with Crippen LogP contribution in [0, 0.1) is 0 Å². The quantitative estimate of drug-likeness (QED) is 0.933. The summed E-state index contributed by atoms with van der Waals surface area (Å²) in [4.78, 5) is 14.4. The highest BCUT2D eigenvalue weighted by Gasteiger charge is 2.15. The number of amides is 1. The first-order valence-corrected chi connectivity index (χ1v) is 8.23. The summed E-state index contributed by atoms with van der Waals surface area (Å²) in [6.45, 7) is 3.84. The number of carbonyl (C=O) groups excluding carboxylic acids is 1. The highest BCUT2D eigenvalue weighted by atomic mass is 16.5. The number of benzene rings is 1. The second-order valence-corrected chi connectivity index (χ2v) is 5.95. The van der Waals surface area contributed by atoms with E-state index in [1.165, 1.54) is 25.7 Å². The number of nitrogens with zero attached hydrogens (tertiary/aromatic N) is 1. The Balaban J connectivity index is 1.57. The Morgan fingerprint density at radius 2 is 1.73 bits per heavy atom. The fraction of sp³-hybridized carbons (Fsp3) is 0.588. The van der Waals surface area contributed by atoms with Crippen molar-refractivity contribution in [3.8, 4) is 11.5 Å². The van der Waals surface area contributed by atoms with Gasteiger partial charge in [0.15, 0.2) is 11.5 Å². The molecule has 1 amide bonds. The zero-order valence-corrected chi connectivity index (χ0v) is 13.0. The van der Waals surface area contributed by atoms with Crippen molar-refractivity contribution in [2.45, 2.75) is 32.1 Å². The first-order chi connectivity index (χ1) is 10.8. The lowest BCUT2D eigenvalue weighted by atomic mass is 10.2. The first-order valence-electron chi connectivity index (χ1n) is 8.23. The lowest BCUT2D eigenvalue weighted by Crippen LogP contribution is -2.33. The summed E-state index contributed by atoms with van der Waals surface area (Å²) in [5, 5.41) is 2.96. The summed E-state index contributed by atoms with van der Waals surface area (Å²) in [5.74, 6) is 1.50. The first kappa shape index (κ1) is 15.2. The van der Waals surface area contributed by atoms with Crippen LogP contribution in [0.25, 0.3) is 0 Å². The van der Waals surface area contributed by atoms with Crippen LogP contribution in [-0.2, 0) is 4.79 Å². The van der Waals surface area contributed by atoms with Crippen molar-refractivity contribution in [3.63, 3.8) is 0 Å². The molecule has 1 fully saturated rings. The molecule has 120 valence electrons. The minimum Gasteiger partial charge on any atom is -0.490 e. The minimum atomic E-state index is 0.0383. The Morgan fingerprint density at radius 3 is 2.50 bits per heavy atom. The maximum absolute atomic E-state index is 12.2. The number of hydrogen-bond acceptors (Lipinski definition) is 4. The zero-order chi connectivity index (χ0) is 15.2. The molecule has 0 aliphatic carbocycles. The van der Waals surface area contributed by atoms with Crippen molar-refractivity contribution in [3.05, 3.63) is 18.2 Å². The third kappa shape index (κ3) is 4.13. The van der Waals surface area contributed by atoms with Crippen LogP contribution < -0.4 is 14.8 Å². The van der Waals surface area contributed by atoms with Gasteiger partial charge in [-0.15, -0.1) is 0 Å². The number of nitrogens with one attached hydrogen (secondary N) is 1. The fourth-order valence-corrected chi connectivity index (χ4v) is 2.94. The molecule has 5 nitrogen and oxygen atoms in total. The van der Waals surface area contributed by atoms with E-state index in [4.69, 9.17) is 9.47 Å². The van der Waals surface area contributed by atoms with E-state index < -0.39 is 0 Å². The Bertz CT molecular complexity index is 511. The van der Waals surface area contributed by atoms with Crippen LogP contribution in [0.5, 0.6) is 11.5 Å². The molecule has 1 saturated heterocycles. The number of rotatable bonds is 3. The molecule has 0 atom stereocenters. The van der Waals surface area contributed by atoms with Crippen LogP contribution in [0.1, 0.15) is 32.1 Å². The monoisotopic (exact) mass is 304 g/mol. The second kappa shape index (κ2) is 7.49. The highest BCUT2D eigenvalue weighted by molar-refractivity contribution is 5.92. The van der Waals surface area contributed by atoms with Crippen molar-refractivity contribution < 1.29 is 14.3 Å². The molecule has 0 unspecified atom stereocenters. The zero-order valence-electron chi connectivity index (χ0n) is 13.0. The molecule has 0 spiro atoms. The molecule has 2 aliphatic rings. The smallest absolute Gasteiger partial charge is 0.238 e. The van der Waals surface area contributed by atoms with E-state index in [0.717, 1.165) is 30.9 Å². The molecule has 2 heterocycles. The summed E-state index contributed by atoms with van der Waals surface area (Å²) in [5.41, 5.74) is 0.768. The molecule has 0 aromatic heterocycles. The van der Waals surface area contributed by atoms with Gasteiger partial charge in [0.1, 0.15) is 0 Å². The SMILES string of the molecule is O=C(CN1CCCCCC1)Nc1ccc2c(c1)OCCCO2. The van der Waals surface area contributed by atoms with Gasteiger partial charge in [-0.1, -0.05) is 12.8 Å². The van der Waals surface area contributed by atoms with Crippen LogP contribution in [-0.4, -0.2) is 43.7 Å². The predicted octanol–water partition coefficient (Wildman–Crippen LogP) is 2.66. The molecular formula is C17H24N2O3. The topological polar surface area (TPSA) is 50.8 Å². The lowest BCUT2D eigenvalue weighted by Gasteiger charge is -2.19. The standard InChI is InChI=1S/C17H24N2O3/c20-17(13-19-8-3-1-2-4-9-19)18-14-6-7-15-16(12-14)22-11-5-10-21-15/h6-7,12H,1-5,8-11,13H2,(H,18,20). The summed E-state index contributed by atoms with van der Waals surface area (Å²) < 4.78 is 11.2. The van der Waals surface area contributed by atoms with Crippen LogP contribution >= 0.6 is 0 Å². The second-order valence-electron chi connectivity index (χ2n) is 5.95. The van der Waals surface area contributed by atoms with Crippen LogP contribution in [0.4, 0.5) is 5.69 Å². The van der Waals surface area contributed by atoms with E-state index in [9.17, 15) is 4.79 Å². The van der Waals surface area contributed by atoms with E-state index in [1.54, 1.807) is 0 Å². The van der Waals surface area contributed by atoms with Crippen LogP contribution in [0.15, 0.2) is 18.2 Å². The molecule has 2 aliphatic heterocycles. The van der Waals surface area contributed by atoms with Gasteiger partial charge < -0.3 is 14.8 Å². The van der Waals surface area contributed by atoms with E-state index >= 15 is 0 Å². The van der Waals surface area contributed by atoms with Gasteiger partial charge >= 0.3 is 0 Å². The van der Waals surface area contributed by atoms with E-state index in [1.807, 2.05) is 18.2 Å². The molecule has 1 N–H and O–H groups in total. The molecule has 3 rings (SSSR count). The number of likely N-dealkylation sites (tertiary alicyclic amines) is 1. The van der Waals surface area contributed by atoms with Crippen molar-refractivity contribution >= 4 is 11.6 Å². The van der Waals surface area contributed by atoms with Gasteiger partial charge in [0, 0.05) is 18.2 Å². The third-order valence-corrected chi connectivity index (χ3v) is 4.10. The average molecular weight is 304 g/mol. The molecular weight excluding hydrogens is 280 g/mol. The summed E-state index contributed by atoms with van der Waals surface area (Å²) in [6, 6.07) is 5.58. The predicted molar refractivity (Wildman–Crippen MR) is 85.6 cm³/mol. The van der Waals surface area contributed by atoms with Gasteiger partial charge in [-0.3, -0.25) is 9.69 Å². The van der Waals surface area contributed by atoms with Crippen molar-refractivity contribution in [1.29, 1.82) is 0 Å². The van der Waals surface area contributed by atoms with Crippen LogP contribution in [0.3, 0.4) is 0 Å². The molecule has 1 aromatic carbocycles. The molecule has 0 bridgehead atoms. The Labute approximate surface area is 131 Å². The molecule has 0 saturated carbocycles. The Kier molecular flexibility index (Phi) is 5.16. The van der Waals surface area contributed by atoms with Gasteiger partial charge in [-0.05, 0) is 38.1 Å². The Morgan fingerprint density at radius 1 is 1.00 bits per heavy atom. The minimum absolute atomic E-state index is 0.0383. The van der Waals surface area contributed by atoms with E-state index in [-0.39, 0.29) is 5.91 Å². The van der Waals surface area contributed by atoms with Crippen LogP contribution in [0.2, 0.25) is 0 Å². The van der Waals surface area contributed by atoms with Crippen molar-refractivity contribution in [1.82, 2.24) is 4.90 Å². The summed E-state index contributed by atoms with van der Waals surface area (Å²) >= 11 is 0. The summed E-state index contributed by atoms with van der Waals surface area (Å²) in [7, 11) is 0. The largest absolute Gasteiger partial charge is 0.490 e. The highest BCUT2D eigenvalue weighted by Crippen LogP contribution is 2.32. The summed E-state index contributed by atoms with van der Waals surface area (Å²) in [6.07, 6.45) is 5.82. The molecule has 22 heavy (non-hydrogen) atoms. The normalized spacial score (nSPS) is 19.1. The van der Waals surface area contributed by atoms with E-state index in [0.29, 0.717) is 25.5 Å². The Hall–Kier alpha value is -1.75. The maximum atomic E-state index is 12.2. The van der Waals surface area contributed by atoms with Gasteiger partial charge in [-0.2, -0.15) is 0 Å². The van der Waals surface area contributed by atoms with Gasteiger partial charge in [-0.25, -0.2) is 0 Å². The number of carbonyl (C=O) groups is 1. The van der Waals surface area contributed by atoms with Gasteiger partial charge in [0.2, 0.25) is 5.91 Å². The van der Waals surface area contributed by atoms with Crippen molar-refractivity contribution in [2.75, 3.05) is 38.2 Å². The van der Waals surface area contributed by atoms with E-state index in [2.05, 4.69) is 10.2 Å². The number of ether oxygens (including phenoxy) is 2.